The van der Waals surface area contributed by atoms with Crippen LogP contribution >= 0.6 is 23.2 Å². The van der Waals surface area contributed by atoms with Gasteiger partial charge >= 0.3 is 6.18 Å². The maximum Gasteiger partial charge on any atom is 0.434 e. The van der Waals surface area contributed by atoms with Crippen molar-refractivity contribution in [2.24, 2.45) is 0 Å². The molecule has 32 heavy (non-hydrogen) atoms. The molecule has 3 aromatic rings. The summed E-state index contributed by atoms with van der Waals surface area (Å²) < 4.78 is 42.2. The van der Waals surface area contributed by atoms with Gasteiger partial charge < -0.3 is 10.2 Å². The van der Waals surface area contributed by atoms with Crippen molar-refractivity contribution in [2.45, 2.75) is 13.1 Å². The van der Waals surface area contributed by atoms with E-state index in [4.69, 9.17) is 23.2 Å². The van der Waals surface area contributed by atoms with Crippen LogP contribution in [0.5, 0.6) is 0 Å². The minimum absolute atomic E-state index is 0.0297. The quantitative estimate of drug-likeness (QED) is 0.572. The van der Waals surface area contributed by atoms with Crippen molar-refractivity contribution in [3.05, 3.63) is 69.1 Å². The predicted molar refractivity (Wildman–Crippen MR) is 114 cm³/mol. The van der Waals surface area contributed by atoms with E-state index in [-0.39, 0.29) is 27.1 Å². The van der Waals surface area contributed by atoms with Gasteiger partial charge in [-0.15, -0.1) is 0 Å². The molecule has 2 amide bonds. The molecule has 7 nitrogen and oxygen atoms in total. The monoisotopic (exact) mass is 485 g/mol. The first-order valence-electron chi connectivity index (χ1n) is 9.01. The van der Waals surface area contributed by atoms with E-state index in [9.17, 15) is 22.8 Å². The SMILES string of the molecule is Cc1cc(Cl)cc(C(=O)N(C)C)c1NC(=O)c1cnn(-c2ncccc2Cl)c1C(F)(F)F. The Kier molecular flexibility index (Phi) is 6.47. The molecule has 0 aliphatic rings. The Hall–Kier alpha value is -3.11. The standard InChI is InChI=1S/C20H16Cl2F3N5O2/c1-10-7-11(21)8-12(19(32)29(2)3)15(10)28-18(31)13-9-27-30(16(13)20(23,24)25)17-14(22)5-4-6-26-17/h4-9H,1-3H3,(H,28,31). The number of carbonyl (C=O) groups is 2. The van der Waals surface area contributed by atoms with Crippen molar-refractivity contribution >= 4 is 40.7 Å². The molecule has 12 heteroatoms. The van der Waals surface area contributed by atoms with Gasteiger partial charge in [0.25, 0.3) is 11.8 Å². The summed E-state index contributed by atoms with van der Waals surface area (Å²) in [6, 6.07) is 5.60. The molecule has 2 aromatic heterocycles. The number of halogens is 5. The second kappa shape index (κ2) is 8.79. The van der Waals surface area contributed by atoms with E-state index < -0.39 is 29.2 Å². The van der Waals surface area contributed by atoms with Gasteiger partial charge in [-0.05, 0) is 36.8 Å². The number of hydrogen-bond donors (Lipinski definition) is 1. The third kappa shape index (κ3) is 4.56. The molecule has 0 radical (unpaired) electrons. The smallest absolute Gasteiger partial charge is 0.345 e. The number of aryl methyl sites for hydroxylation is 1. The van der Waals surface area contributed by atoms with Crippen molar-refractivity contribution in [3.63, 3.8) is 0 Å². The summed E-state index contributed by atoms with van der Waals surface area (Å²) in [7, 11) is 2.99. The van der Waals surface area contributed by atoms with Crippen LogP contribution in [0.3, 0.4) is 0 Å². The maximum absolute atomic E-state index is 13.9. The zero-order valence-electron chi connectivity index (χ0n) is 17.0. The van der Waals surface area contributed by atoms with Crippen molar-refractivity contribution in [3.8, 4) is 5.82 Å². The van der Waals surface area contributed by atoms with E-state index in [2.05, 4.69) is 15.4 Å². The van der Waals surface area contributed by atoms with Gasteiger partial charge in [-0.2, -0.15) is 18.3 Å². The molecule has 0 aliphatic heterocycles. The number of hydrogen-bond acceptors (Lipinski definition) is 4. The number of pyridine rings is 1. The Morgan fingerprint density at radius 3 is 2.44 bits per heavy atom. The first-order chi connectivity index (χ1) is 14.9. The lowest BCUT2D eigenvalue weighted by Crippen LogP contribution is -2.25. The first-order valence-corrected chi connectivity index (χ1v) is 9.76. The lowest BCUT2D eigenvalue weighted by molar-refractivity contribution is -0.143. The Balaban J connectivity index is 2.11. The summed E-state index contributed by atoms with van der Waals surface area (Å²) in [5, 5.41) is 6.24. The van der Waals surface area contributed by atoms with Gasteiger partial charge in [0.2, 0.25) is 0 Å². The van der Waals surface area contributed by atoms with Gasteiger partial charge in [0.15, 0.2) is 11.5 Å². The molecule has 2 heterocycles. The fourth-order valence-corrected chi connectivity index (χ4v) is 3.46. The van der Waals surface area contributed by atoms with Crippen LogP contribution in [-0.4, -0.2) is 45.6 Å². The number of rotatable bonds is 4. The normalized spacial score (nSPS) is 11.4. The van der Waals surface area contributed by atoms with E-state index in [1.807, 2.05) is 0 Å². The van der Waals surface area contributed by atoms with Gasteiger partial charge in [0.05, 0.1) is 28.0 Å². The maximum atomic E-state index is 13.9. The molecule has 0 saturated heterocycles. The number of nitrogens with zero attached hydrogens (tertiary/aromatic N) is 4. The first kappa shape index (κ1) is 23.6. The van der Waals surface area contributed by atoms with Crippen molar-refractivity contribution in [2.75, 3.05) is 19.4 Å². The fraction of sp³-hybridized carbons (Fsp3) is 0.200. The van der Waals surface area contributed by atoms with Crippen LogP contribution in [-0.2, 0) is 6.18 Å². The summed E-state index contributed by atoms with van der Waals surface area (Å²) in [5.74, 6) is -1.89. The Morgan fingerprint density at radius 1 is 1.16 bits per heavy atom. The Bertz CT molecular complexity index is 1210. The van der Waals surface area contributed by atoms with Crippen molar-refractivity contribution < 1.29 is 22.8 Å². The lowest BCUT2D eigenvalue weighted by atomic mass is 10.1. The predicted octanol–water partition coefficient (Wildman–Crippen LogP) is 4.86. The van der Waals surface area contributed by atoms with Crippen LogP contribution in [0.4, 0.5) is 18.9 Å². The molecule has 0 fully saturated rings. The van der Waals surface area contributed by atoms with E-state index in [1.165, 1.54) is 49.5 Å². The number of alkyl halides is 3. The average Bonchev–Trinajstić information content (AvgIpc) is 3.15. The summed E-state index contributed by atoms with van der Waals surface area (Å²) in [4.78, 5) is 30.5. The molecule has 0 spiro atoms. The van der Waals surface area contributed by atoms with Gasteiger partial charge in [0, 0.05) is 25.3 Å². The molecule has 3 rings (SSSR count). The minimum atomic E-state index is -4.96. The van der Waals surface area contributed by atoms with Gasteiger partial charge in [-0.3, -0.25) is 9.59 Å². The third-order valence-electron chi connectivity index (χ3n) is 4.40. The minimum Gasteiger partial charge on any atom is -0.345 e. The molecular formula is C20H16Cl2F3N5O2. The van der Waals surface area contributed by atoms with E-state index >= 15 is 0 Å². The molecule has 0 atom stereocenters. The zero-order chi connectivity index (χ0) is 23.8. The van der Waals surface area contributed by atoms with Crippen LogP contribution in [0.1, 0.15) is 32.0 Å². The van der Waals surface area contributed by atoms with Crippen LogP contribution in [0.15, 0.2) is 36.7 Å². The van der Waals surface area contributed by atoms with Crippen LogP contribution < -0.4 is 5.32 Å². The van der Waals surface area contributed by atoms with Gasteiger partial charge in [-0.1, -0.05) is 23.2 Å². The molecule has 168 valence electrons. The number of aromatic nitrogens is 3. The second-order valence-electron chi connectivity index (χ2n) is 6.92. The molecule has 0 aliphatic carbocycles. The van der Waals surface area contributed by atoms with E-state index in [0.717, 1.165) is 6.20 Å². The van der Waals surface area contributed by atoms with E-state index in [1.54, 1.807) is 6.92 Å². The third-order valence-corrected chi connectivity index (χ3v) is 4.91. The van der Waals surface area contributed by atoms with Crippen LogP contribution in [0.25, 0.3) is 5.82 Å². The molecule has 0 saturated carbocycles. The average molecular weight is 486 g/mol. The highest BCUT2D eigenvalue weighted by molar-refractivity contribution is 6.32. The number of carbonyl (C=O) groups excluding carboxylic acids is 2. The summed E-state index contributed by atoms with van der Waals surface area (Å²) in [5.41, 5.74) is -1.67. The Morgan fingerprint density at radius 2 is 1.84 bits per heavy atom. The zero-order valence-corrected chi connectivity index (χ0v) is 18.5. The van der Waals surface area contributed by atoms with Gasteiger partial charge in [0.1, 0.15) is 0 Å². The van der Waals surface area contributed by atoms with Crippen molar-refractivity contribution in [1.29, 1.82) is 0 Å². The highest BCUT2D eigenvalue weighted by Crippen LogP contribution is 2.35. The second-order valence-corrected chi connectivity index (χ2v) is 7.77. The summed E-state index contributed by atoms with van der Waals surface area (Å²) in [6.07, 6.45) is -2.94. The number of anilines is 1. The molecular weight excluding hydrogens is 470 g/mol. The largest absolute Gasteiger partial charge is 0.434 e. The lowest BCUT2D eigenvalue weighted by Gasteiger charge is -2.18. The van der Waals surface area contributed by atoms with Crippen LogP contribution in [0, 0.1) is 6.92 Å². The summed E-state index contributed by atoms with van der Waals surface area (Å²) in [6.45, 7) is 1.57. The molecule has 1 aromatic carbocycles. The fourth-order valence-electron chi connectivity index (χ4n) is 2.98. The number of amides is 2. The van der Waals surface area contributed by atoms with Crippen molar-refractivity contribution in [1.82, 2.24) is 19.7 Å². The summed E-state index contributed by atoms with van der Waals surface area (Å²) >= 11 is 12.0. The van der Waals surface area contributed by atoms with Crippen LogP contribution in [0.2, 0.25) is 10.0 Å². The molecule has 0 unspecified atom stereocenters. The highest BCUT2D eigenvalue weighted by atomic mass is 35.5. The highest BCUT2D eigenvalue weighted by Gasteiger charge is 2.41. The van der Waals surface area contributed by atoms with Gasteiger partial charge in [-0.25, -0.2) is 9.67 Å². The number of benzene rings is 1. The molecule has 1 N–H and O–H groups in total. The Labute approximate surface area is 190 Å². The topological polar surface area (TPSA) is 80.1 Å². The van der Waals surface area contributed by atoms with E-state index in [0.29, 0.717) is 10.2 Å². The number of nitrogens with one attached hydrogen (secondary N) is 1. The molecule has 0 bridgehead atoms.